The van der Waals surface area contributed by atoms with Crippen LogP contribution in [0.4, 0.5) is 5.69 Å². The number of nitrogens with zero attached hydrogens (tertiary/aromatic N) is 1. The zero-order valence-corrected chi connectivity index (χ0v) is 20.4. The van der Waals surface area contributed by atoms with E-state index in [0.29, 0.717) is 16.7 Å². The first-order valence-corrected chi connectivity index (χ1v) is 12.4. The Bertz CT molecular complexity index is 1190. The second-order valence-corrected chi connectivity index (χ2v) is 9.13. The van der Waals surface area contributed by atoms with Crippen molar-refractivity contribution in [1.29, 1.82) is 0 Å². The molecule has 1 aliphatic heterocycles. The molecular weight excluding hydrogens is 428 g/mol. The Morgan fingerprint density at radius 3 is 2.53 bits per heavy atom. The Labute approximate surface area is 200 Å². The third-order valence-electron chi connectivity index (χ3n) is 6.43. The van der Waals surface area contributed by atoms with Crippen LogP contribution in [0.15, 0.2) is 51.7 Å². The summed E-state index contributed by atoms with van der Waals surface area (Å²) in [5.74, 6) is 0.262. The molecular formula is C28H34N2O4. The smallest absolute Gasteiger partial charge is 0.349 e. The standard InChI is InChI=1S/C28H34N2O4/c1-4-8-23-25(33-19(3)5-2)14-11-21-17-24(28(32)34-26(21)23)27(31)29-22-12-9-20(10-13-22)18-30-15-6-7-16-30/h9-14,17,19H,4-8,15-16,18H2,1-3H3,(H,29,31)/t19-/m0/s1. The van der Waals surface area contributed by atoms with Crippen LogP contribution in [0.5, 0.6) is 5.75 Å². The van der Waals surface area contributed by atoms with Crippen LogP contribution < -0.4 is 15.7 Å². The van der Waals surface area contributed by atoms with E-state index in [0.717, 1.165) is 50.2 Å². The first-order chi connectivity index (χ1) is 16.5. The fourth-order valence-electron chi connectivity index (χ4n) is 4.37. The molecule has 34 heavy (non-hydrogen) atoms. The molecule has 0 unspecified atom stereocenters. The first kappa shape index (κ1) is 24.0. The largest absolute Gasteiger partial charge is 0.490 e. The fourth-order valence-corrected chi connectivity index (χ4v) is 4.37. The van der Waals surface area contributed by atoms with Crippen LogP contribution in [0.2, 0.25) is 0 Å². The van der Waals surface area contributed by atoms with Gasteiger partial charge in [0.15, 0.2) is 0 Å². The summed E-state index contributed by atoms with van der Waals surface area (Å²) in [6, 6.07) is 13.2. The molecule has 2 heterocycles. The predicted octanol–water partition coefficient (Wildman–Crippen LogP) is 5.77. The molecule has 1 N–H and O–H groups in total. The van der Waals surface area contributed by atoms with Gasteiger partial charge < -0.3 is 14.5 Å². The Morgan fingerprint density at radius 1 is 1.12 bits per heavy atom. The number of aryl methyl sites for hydroxylation is 1. The van der Waals surface area contributed by atoms with Crippen molar-refractivity contribution in [3.63, 3.8) is 0 Å². The number of amides is 1. The van der Waals surface area contributed by atoms with Gasteiger partial charge in [0.1, 0.15) is 16.9 Å². The minimum atomic E-state index is -0.645. The number of likely N-dealkylation sites (tertiary alicyclic amines) is 1. The van der Waals surface area contributed by atoms with Gasteiger partial charge in [0.2, 0.25) is 0 Å². The molecule has 1 aliphatic rings. The maximum absolute atomic E-state index is 12.9. The maximum atomic E-state index is 12.9. The number of nitrogens with one attached hydrogen (secondary N) is 1. The minimum Gasteiger partial charge on any atom is -0.490 e. The van der Waals surface area contributed by atoms with Gasteiger partial charge in [-0.05, 0) is 81.6 Å². The predicted molar refractivity (Wildman–Crippen MR) is 136 cm³/mol. The lowest BCUT2D eigenvalue weighted by Crippen LogP contribution is -2.21. The average Bonchev–Trinajstić information content (AvgIpc) is 3.34. The lowest BCUT2D eigenvalue weighted by Gasteiger charge is -2.17. The number of hydrogen-bond donors (Lipinski definition) is 1. The third kappa shape index (κ3) is 5.50. The maximum Gasteiger partial charge on any atom is 0.349 e. The van der Waals surface area contributed by atoms with E-state index in [4.69, 9.17) is 9.15 Å². The third-order valence-corrected chi connectivity index (χ3v) is 6.43. The Balaban J connectivity index is 1.55. The number of hydrogen-bond acceptors (Lipinski definition) is 5. The number of rotatable bonds is 9. The van der Waals surface area contributed by atoms with Gasteiger partial charge in [0.05, 0.1) is 6.10 Å². The van der Waals surface area contributed by atoms with Gasteiger partial charge in [-0.2, -0.15) is 0 Å². The number of carbonyl (C=O) groups is 1. The molecule has 4 rings (SSSR count). The quantitative estimate of drug-likeness (QED) is 0.409. The van der Waals surface area contributed by atoms with Crippen molar-refractivity contribution < 1.29 is 13.9 Å². The van der Waals surface area contributed by atoms with Crippen molar-refractivity contribution in [3.8, 4) is 5.75 Å². The summed E-state index contributed by atoms with van der Waals surface area (Å²) in [7, 11) is 0. The summed E-state index contributed by atoms with van der Waals surface area (Å²) in [6.45, 7) is 9.36. The van der Waals surface area contributed by atoms with Crippen LogP contribution in [-0.2, 0) is 13.0 Å². The van der Waals surface area contributed by atoms with Crippen molar-refractivity contribution in [2.24, 2.45) is 0 Å². The van der Waals surface area contributed by atoms with Gasteiger partial charge in [-0.25, -0.2) is 4.79 Å². The number of ether oxygens (including phenoxy) is 1. The lowest BCUT2D eigenvalue weighted by atomic mass is 10.0. The highest BCUT2D eigenvalue weighted by Gasteiger charge is 2.19. The average molecular weight is 463 g/mol. The normalized spacial score (nSPS) is 14.9. The Morgan fingerprint density at radius 2 is 1.85 bits per heavy atom. The minimum absolute atomic E-state index is 0.00770. The SMILES string of the molecule is CCCc1c(O[C@@H](C)CC)ccc2cc(C(=O)Nc3ccc(CN4CCCC4)cc3)c(=O)oc12. The first-order valence-electron chi connectivity index (χ1n) is 12.4. The highest BCUT2D eigenvalue weighted by molar-refractivity contribution is 6.05. The fraction of sp³-hybridized carbons (Fsp3) is 0.429. The van der Waals surface area contributed by atoms with E-state index in [2.05, 4.69) is 24.1 Å². The van der Waals surface area contributed by atoms with Crippen LogP contribution in [0.3, 0.4) is 0 Å². The second-order valence-electron chi connectivity index (χ2n) is 9.13. The van der Waals surface area contributed by atoms with E-state index < -0.39 is 11.5 Å². The van der Waals surface area contributed by atoms with Crippen molar-refractivity contribution in [2.45, 2.75) is 65.5 Å². The Kier molecular flexibility index (Phi) is 7.68. The molecule has 2 aromatic carbocycles. The number of anilines is 1. The molecule has 1 amide bonds. The van der Waals surface area contributed by atoms with E-state index in [9.17, 15) is 9.59 Å². The van der Waals surface area contributed by atoms with Gasteiger partial charge >= 0.3 is 5.63 Å². The van der Waals surface area contributed by atoms with Crippen molar-refractivity contribution >= 4 is 22.6 Å². The summed E-state index contributed by atoms with van der Waals surface area (Å²) in [6.07, 6.45) is 5.07. The summed E-state index contributed by atoms with van der Waals surface area (Å²) in [4.78, 5) is 28.1. The van der Waals surface area contributed by atoms with Gasteiger partial charge in [-0.15, -0.1) is 0 Å². The highest BCUT2D eigenvalue weighted by Crippen LogP contribution is 2.30. The molecule has 6 nitrogen and oxygen atoms in total. The molecule has 1 fully saturated rings. The molecule has 1 atom stereocenters. The van der Waals surface area contributed by atoms with Crippen LogP contribution in [0.1, 0.15) is 67.9 Å². The molecule has 0 spiro atoms. The van der Waals surface area contributed by atoms with Gasteiger partial charge in [-0.3, -0.25) is 9.69 Å². The highest BCUT2D eigenvalue weighted by atomic mass is 16.5. The molecule has 180 valence electrons. The van der Waals surface area contributed by atoms with E-state index in [1.54, 1.807) is 6.07 Å². The topological polar surface area (TPSA) is 71.8 Å². The summed E-state index contributed by atoms with van der Waals surface area (Å²) in [5.41, 5.74) is 2.58. The zero-order chi connectivity index (χ0) is 24.1. The molecule has 0 aliphatic carbocycles. The van der Waals surface area contributed by atoms with E-state index >= 15 is 0 Å². The molecule has 0 radical (unpaired) electrons. The molecule has 6 heteroatoms. The number of carbonyl (C=O) groups excluding carboxylic acids is 1. The summed E-state index contributed by atoms with van der Waals surface area (Å²) >= 11 is 0. The van der Waals surface area contributed by atoms with E-state index in [1.165, 1.54) is 18.4 Å². The number of fused-ring (bicyclic) bond motifs is 1. The van der Waals surface area contributed by atoms with E-state index in [-0.39, 0.29) is 11.7 Å². The monoisotopic (exact) mass is 462 g/mol. The number of benzene rings is 2. The summed E-state index contributed by atoms with van der Waals surface area (Å²) < 4.78 is 11.7. The lowest BCUT2D eigenvalue weighted by molar-refractivity contribution is 0.102. The second kappa shape index (κ2) is 10.9. The molecule has 0 bridgehead atoms. The van der Waals surface area contributed by atoms with Crippen LogP contribution in [0, 0.1) is 0 Å². The van der Waals surface area contributed by atoms with Crippen molar-refractivity contribution in [1.82, 2.24) is 4.90 Å². The molecule has 1 saturated heterocycles. The molecule has 1 aromatic heterocycles. The zero-order valence-electron chi connectivity index (χ0n) is 20.4. The van der Waals surface area contributed by atoms with Crippen molar-refractivity contribution in [3.05, 3.63) is 69.6 Å². The summed E-state index contributed by atoms with van der Waals surface area (Å²) in [5, 5.41) is 3.55. The van der Waals surface area contributed by atoms with Crippen LogP contribution >= 0.6 is 0 Å². The molecule has 3 aromatic rings. The van der Waals surface area contributed by atoms with E-state index in [1.807, 2.05) is 43.3 Å². The van der Waals surface area contributed by atoms with Gasteiger partial charge in [0, 0.05) is 23.2 Å². The Hall–Kier alpha value is -3.12. The van der Waals surface area contributed by atoms with Crippen LogP contribution in [0.25, 0.3) is 11.0 Å². The van der Waals surface area contributed by atoms with Gasteiger partial charge in [-0.1, -0.05) is 32.4 Å². The van der Waals surface area contributed by atoms with Crippen molar-refractivity contribution in [2.75, 3.05) is 18.4 Å². The molecule has 0 saturated carbocycles. The van der Waals surface area contributed by atoms with Gasteiger partial charge in [0.25, 0.3) is 5.91 Å². The van der Waals surface area contributed by atoms with Crippen LogP contribution in [-0.4, -0.2) is 30.0 Å².